The summed E-state index contributed by atoms with van der Waals surface area (Å²) in [5.41, 5.74) is 4.80. The van der Waals surface area contributed by atoms with E-state index >= 15 is 0 Å². The van der Waals surface area contributed by atoms with Gasteiger partial charge in [-0.1, -0.05) is 0 Å². The van der Waals surface area contributed by atoms with E-state index in [2.05, 4.69) is 5.09 Å². The first-order valence-electron chi connectivity index (χ1n) is 1.18. The normalized spacial score (nSPS) is 15.0. The molecular weight excluding hydrogens is 87.0 g/mol. The highest BCUT2D eigenvalue weighted by atomic mass is 31.2. The van der Waals surface area contributed by atoms with Crippen molar-refractivity contribution in [2.75, 3.05) is 7.05 Å². The predicted molar refractivity (Wildman–Crippen MR) is 22.4 cm³/mol. The van der Waals surface area contributed by atoms with E-state index in [4.69, 9.17) is 10.4 Å². The fourth-order valence-electron chi connectivity index (χ4n) is 0. The Morgan fingerprint density at radius 1 is 2.00 bits per heavy atom. The van der Waals surface area contributed by atoms with Crippen molar-refractivity contribution in [3.63, 3.8) is 0 Å². The third kappa shape index (κ3) is 4.31. The largest absolute Gasteiger partial charge is 0.348 e. The number of hydrogen-bond acceptors (Lipinski definition) is 3. The van der Waals surface area contributed by atoms with Gasteiger partial charge >= 0.3 is 0 Å². The molecule has 0 rings (SSSR count). The van der Waals surface area contributed by atoms with Gasteiger partial charge in [0.15, 0.2) is 8.45 Å². The van der Waals surface area contributed by atoms with Gasteiger partial charge in [0.1, 0.15) is 0 Å². The minimum absolute atomic E-state index is 1.35. The van der Waals surface area contributed by atoms with E-state index in [1.165, 1.54) is 0 Å². The maximum atomic E-state index is 8.09. The zero-order chi connectivity index (χ0) is 4.28. The lowest BCUT2D eigenvalue weighted by Crippen LogP contribution is -2.02. The summed E-state index contributed by atoms with van der Waals surface area (Å²) in [5, 5.41) is 2.43. The lowest BCUT2D eigenvalue weighted by atomic mass is 11.6. The predicted octanol–water partition coefficient (Wildman–Crippen LogP) is -0.616. The SMILES string of the molecule is CNP(N)O. The maximum absolute atomic E-state index is 8.09. The number of nitrogens with one attached hydrogen (secondary N) is 1. The van der Waals surface area contributed by atoms with E-state index in [-0.39, 0.29) is 0 Å². The summed E-state index contributed by atoms with van der Waals surface area (Å²) >= 11 is 0. The topological polar surface area (TPSA) is 58.3 Å². The summed E-state index contributed by atoms with van der Waals surface area (Å²) in [6.45, 7) is 0. The monoisotopic (exact) mass is 94.0 g/mol. The Balaban J connectivity index is 2.54. The molecule has 4 heteroatoms. The fourth-order valence-corrected chi connectivity index (χ4v) is 0. The van der Waals surface area contributed by atoms with Gasteiger partial charge in [-0.2, -0.15) is 0 Å². The third-order valence-electron chi connectivity index (χ3n) is 0.229. The van der Waals surface area contributed by atoms with Gasteiger partial charge in [-0.05, 0) is 7.05 Å². The molecule has 0 aromatic heterocycles. The van der Waals surface area contributed by atoms with Crippen LogP contribution in [0.1, 0.15) is 0 Å². The van der Waals surface area contributed by atoms with Crippen LogP contribution in [0.5, 0.6) is 0 Å². The quantitative estimate of drug-likeness (QED) is 0.380. The van der Waals surface area contributed by atoms with Crippen LogP contribution in [0.15, 0.2) is 0 Å². The van der Waals surface area contributed by atoms with Crippen molar-refractivity contribution in [3.05, 3.63) is 0 Å². The van der Waals surface area contributed by atoms with Crippen LogP contribution in [0, 0.1) is 0 Å². The lowest BCUT2D eigenvalue weighted by molar-refractivity contribution is 0.615. The zero-order valence-electron chi connectivity index (χ0n) is 2.97. The van der Waals surface area contributed by atoms with Gasteiger partial charge in [0, 0.05) is 0 Å². The standard InChI is InChI=1S/CH7N2OP/c1-3-5(2)4/h3-4H,2H2,1H3. The van der Waals surface area contributed by atoms with Crippen LogP contribution >= 0.6 is 8.45 Å². The Morgan fingerprint density at radius 3 is 2.20 bits per heavy atom. The van der Waals surface area contributed by atoms with Crippen molar-refractivity contribution in [1.82, 2.24) is 5.09 Å². The Bertz CT molecular complexity index is 23.6. The van der Waals surface area contributed by atoms with Gasteiger partial charge in [-0.15, -0.1) is 0 Å². The van der Waals surface area contributed by atoms with Crippen LogP contribution in [0.25, 0.3) is 0 Å². The van der Waals surface area contributed by atoms with Crippen LogP contribution < -0.4 is 10.6 Å². The fraction of sp³-hybridized carbons (Fsp3) is 1.00. The first-order valence-corrected chi connectivity index (χ1v) is 2.55. The summed E-state index contributed by atoms with van der Waals surface area (Å²) < 4.78 is 0. The van der Waals surface area contributed by atoms with Gasteiger partial charge in [0.05, 0.1) is 0 Å². The molecule has 0 heterocycles. The Morgan fingerprint density at radius 2 is 2.20 bits per heavy atom. The van der Waals surface area contributed by atoms with Crippen molar-refractivity contribution in [2.24, 2.45) is 5.50 Å². The van der Waals surface area contributed by atoms with Crippen molar-refractivity contribution >= 4 is 8.45 Å². The molecule has 32 valence electrons. The molecule has 0 aromatic carbocycles. The Labute approximate surface area is 32.1 Å². The molecule has 0 amide bonds. The summed E-state index contributed by atoms with van der Waals surface area (Å²) in [6.07, 6.45) is 0. The minimum Gasteiger partial charge on any atom is -0.348 e. The molecule has 4 N–H and O–H groups in total. The first-order chi connectivity index (χ1) is 2.27. The molecule has 0 aliphatic rings. The molecule has 0 fully saturated rings. The van der Waals surface area contributed by atoms with E-state index in [0.29, 0.717) is 0 Å². The summed E-state index contributed by atoms with van der Waals surface area (Å²) in [6, 6.07) is 0. The molecule has 1 unspecified atom stereocenters. The van der Waals surface area contributed by atoms with Crippen molar-refractivity contribution in [1.29, 1.82) is 0 Å². The van der Waals surface area contributed by atoms with Gasteiger partial charge in [0.2, 0.25) is 0 Å². The van der Waals surface area contributed by atoms with Crippen LogP contribution in [0.4, 0.5) is 0 Å². The molecule has 0 aromatic rings. The van der Waals surface area contributed by atoms with Gasteiger partial charge in [-0.3, -0.25) is 10.6 Å². The lowest BCUT2D eigenvalue weighted by Gasteiger charge is -1.93. The average Bonchev–Trinajstić information content (AvgIpc) is 1.38. The van der Waals surface area contributed by atoms with Crippen LogP contribution in [-0.4, -0.2) is 11.9 Å². The highest BCUT2D eigenvalue weighted by Gasteiger charge is 1.79. The Kier molecular flexibility index (Phi) is 2.70. The summed E-state index contributed by atoms with van der Waals surface area (Å²) in [5.74, 6) is 0. The van der Waals surface area contributed by atoms with E-state index < -0.39 is 8.45 Å². The van der Waals surface area contributed by atoms with E-state index in [1.807, 2.05) is 0 Å². The highest BCUT2D eigenvalue weighted by molar-refractivity contribution is 7.46. The molecule has 1 atom stereocenters. The van der Waals surface area contributed by atoms with E-state index in [9.17, 15) is 0 Å². The van der Waals surface area contributed by atoms with Crippen LogP contribution in [0.3, 0.4) is 0 Å². The number of nitrogens with two attached hydrogens (primary N) is 1. The maximum Gasteiger partial charge on any atom is 0.176 e. The molecular formula is CH7N2OP. The minimum atomic E-state index is -1.35. The van der Waals surface area contributed by atoms with Crippen LogP contribution in [-0.2, 0) is 0 Å². The molecule has 0 aliphatic carbocycles. The highest BCUT2D eigenvalue weighted by Crippen LogP contribution is 2.05. The van der Waals surface area contributed by atoms with E-state index in [0.717, 1.165) is 0 Å². The third-order valence-corrected chi connectivity index (χ3v) is 0.687. The first kappa shape index (κ1) is 5.31. The molecule has 0 saturated heterocycles. The Hall–Kier alpha value is 0.310. The number of hydrogen-bond donors (Lipinski definition) is 3. The second kappa shape index (κ2) is 2.54. The van der Waals surface area contributed by atoms with Gasteiger partial charge < -0.3 is 4.89 Å². The molecule has 0 radical (unpaired) electrons. The van der Waals surface area contributed by atoms with Crippen molar-refractivity contribution < 1.29 is 4.89 Å². The number of rotatable bonds is 1. The second-order valence-corrected chi connectivity index (χ2v) is 1.70. The van der Waals surface area contributed by atoms with Gasteiger partial charge in [0.25, 0.3) is 0 Å². The molecule has 0 spiro atoms. The molecule has 0 aliphatic heterocycles. The van der Waals surface area contributed by atoms with Gasteiger partial charge in [-0.25, -0.2) is 0 Å². The molecule has 5 heavy (non-hydrogen) atoms. The smallest absolute Gasteiger partial charge is 0.176 e. The zero-order valence-corrected chi connectivity index (χ0v) is 3.87. The van der Waals surface area contributed by atoms with E-state index in [1.54, 1.807) is 7.05 Å². The van der Waals surface area contributed by atoms with Crippen molar-refractivity contribution in [2.45, 2.75) is 0 Å². The molecule has 0 bridgehead atoms. The second-order valence-electron chi connectivity index (χ2n) is 0.568. The summed E-state index contributed by atoms with van der Waals surface area (Å²) in [4.78, 5) is 8.09. The van der Waals surface area contributed by atoms with Crippen LogP contribution in [0.2, 0.25) is 0 Å². The van der Waals surface area contributed by atoms with Crippen molar-refractivity contribution in [3.8, 4) is 0 Å². The summed E-state index contributed by atoms with van der Waals surface area (Å²) in [7, 11) is 0.255. The molecule has 3 nitrogen and oxygen atoms in total. The molecule has 0 saturated carbocycles. The average molecular weight is 94.1 g/mol.